The number of phenolic OH excluding ortho intramolecular Hbond substituents is 1. The molecule has 3 N–H and O–H groups in total. The van der Waals surface area contributed by atoms with E-state index in [9.17, 15) is 24.1 Å². The maximum atomic E-state index is 13.3. The minimum Gasteiger partial charge on any atom is -0.504 e. The summed E-state index contributed by atoms with van der Waals surface area (Å²) >= 11 is 0. The summed E-state index contributed by atoms with van der Waals surface area (Å²) in [5.41, 5.74) is 0.386. The number of carbonyl (C=O) groups excluding carboxylic acids is 3. The number of hydrogen-bond donors (Lipinski definition) is 3. The monoisotopic (exact) mass is 675 g/mol. The number of rotatable bonds is 14. The van der Waals surface area contributed by atoms with Gasteiger partial charge in [-0.15, -0.1) is 0 Å². The Morgan fingerprint density at radius 2 is 1.53 bits per heavy atom. The lowest BCUT2D eigenvalue weighted by molar-refractivity contribution is -0.162. The van der Waals surface area contributed by atoms with Crippen LogP contribution in [0.15, 0.2) is 36.5 Å². The van der Waals surface area contributed by atoms with Crippen molar-refractivity contribution in [2.45, 2.75) is 54.4 Å². The molecule has 47 heavy (non-hydrogen) atoms. The standard InChI is InChI=1S/C31H42N5O10P/c1-30(2,3)27(38)43-18-45-47(41,46-19-44-28(39)31(4,5)6)15-9-8-14-32-29(40)36-25-13-11-21-26(35-25)34-22(17-33-21)20-10-12-23(37)24(16-20)42-7/h10-13,16-17,37H,8-9,14-15,18-19H2,1-7H3,(H2,32,34,35,36,40). The van der Waals surface area contributed by atoms with Gasteiger partial charge in [0.1, 0.15) is 11.3 Å². The molecular formula is C31H42N5O10P. The van der Waals surface area contributed by atoms with Gasteiger partial charge in [0, 0.05) is 12.1 Å². The molecule has 0 atom stereocenters. The summed E-state index contributed by atoms with van der Waals surface area (Å²) in [5.74, 6) is -0.579. The number of esters is 2. The van der Waals surface area contributed by atoms with E-state index in [2.05, 4.69) is 25.6 Å². The molecule has 0 saturated carbocycles. The summed E-state index contributed by atoms with van der Waals surface area (Å²) in [4.78, 5) is 49.9. The van der Waals surface area contributed by atoms with E-state index in [1.165, 1.54) is 13.2 Å². The number of nitrogens with zero attached hydrogens (tertiary/aromatic N) is 3. The maximum Gasteiger partial charge on any atom is 0.336 e. The number of aromatic nitrogens is 3. The molecule has 0 fully saturated rings. The average Bonchev–Trinajstić information content (AvgIpc) is 2.99. The van der Waals surface area contributed by atoms with E-state index in [4.69, 9.17) is 23.3 Å². The third-order valence-corrected chi connectivity index (χ3v) is 8.23. The Kier molecular flexibility index (Phi) is 12.6. The molecule has 0 saturated heterocycles. The smallest absolute Gasteiger partial charge is 0.336 e. The van der Waals surface area contributed by atoms with Crippen LogP contribution < -0.4 is 15.4 Å². The van der Waals surface area contributed by atoms with E-state index >= 15 is 0 Å². The Hall–Kier alpha value is -4.33. The van der Waals surface area contributed by atoms with Gasteiger partial charge in [0.25, 0.3) is 0 Å². The minimum atomic E-state index is -3.84. The van der Waals surface area contributed by atoms with E-state index in [0.29, 0.717) is 35.3 Å². The third-order valence-electron chi connectivity index (χ3n) is 6.37. The lowest BCUT2D eigenvalue weighted by Crippen LogP contribution is -2.30. The average molecular weight is 676 g/mol. The number of methoxy groups -OCH3 is 1. The van der Waals surface area contributed by atoms with Crippen LogP contribution in [0, 0.1) is 10.8 Å². The first-order chi connectivity index (χ1) is 22.0. The first-order valence-electron chi connectivity index (χ1n) is 14.8. The molecule has 0 aliphatic carbocycles. The molecule has 0 aliphatic heterocycles. The molecule has 0 unspecified atom stereocenters. The fourth-order valence-corrected chi connectivity index (χ4v) is 5.03. The molecule has 3 rings (SSSR count). The van der Waals surface area contributed by atoms with Gasteiger partial charge >= 0.3 is 25.6 Å². The van der Waals surface area contributed by atoms with Crippen LogP contribution in [0.2, 0.25) is 0 Å². The zero-order chi connectivity index (χ0) is 34.8. The fraction of sp³-hybridized carbons (Fsp3) is 0.484. The summed E-state index contributed by atoms with van der Waals surface area (Å²) in [5, 5.41) is 15.2. The second-order valence-corrected chi connectivity index (χ2v) is 14.6. The number of aromatic hydroxyl groups is 1. The predicted molar refractivity (Wildman–Crippen MR) is 173 cm³/mol. The van der Waals surface area contributed by atoms with Gasteiger partial charge in [-0.1, -0.05) is 0 Å². The van der Waals surface area contributed by atoms with E-state index in [0.717, 1.165) is 0 Å². The number of urea groups is 1. The molecule has 2 heterocycles. The number of anilines is 1. The number of benzene rings is 1. The fourth-order valence-electron chi connectivity index (χ4n) is 3.66. The van der Waals surface area contributed by atoms with Gasteiger partial charge in [-0.25, -0.2) is 14.8 Å². The van der Waals surface area contributed by atoms with E-state index in [1.807, 2.05) is 0 Å². The van der Waals surface area contributed by atoms with Gasteiger partial charge in [0.05, 0.1) is 36.0 Å². The van der Waals surface area contributed by atoms with Crippen molar-refractivity contribution in [2.75, 3.05) is 38.7 Å². The molecule has 16 heteroatoms. The van der Waals surface area contributed by atoms with Gasteiger partial charge in [-0.05, 0) is 84.7 Å². The molecule has 1 aromatic carbocycles. The topological polar surface area (TPSA) is 197 Å². The Bertz CT molecular complexity index is 1580. The van der Waals surface area contributed by atoms with Gasteiger partial charge < -0.3 is 24.6 Å². The molecule has 0 bridgehead atoms. The van der Waals surface area contributed by atoms with Crippen LogP contribution in [0.3, 0.4) is 0 Å². The van der Waals surface area contributed by atoms with Crippen molar-refractivity contribution < 1.29 is 47.3 Å². The Morgan fingerprint density at radius 3 is 2.13 bits per heavy atom. The van der Waals surface area contributed by atoms with Crippen LogP contribution in [0.4, 0.5) is 10.6 Å². The van der Waals surface area contributed by atoms with Crippen molar-refractivity contribution in [3.8, 4) is 22.8 Å². The number of unbranched alkanes of at least 4 members (excludes halogenated alkanes) is 1. The van der Waals surface area contributed by atoms with Crippen molar-refractivity contribution in [3.05, 3.63) is 36.5 Å². The highest BCUT2D eigenvalue weighted by atomic mass is 31.2. The quantitative estimate of drug-likeness (QED) is 0.0824. The second-order valence-electron chi connectivity index (χ2n) is 12.5. The lowest BCUT2D eigenvalue weighted by atomic mass is 9.98. The normalized spacial score (nSPS) is 12.0. The highest BCUT2D eigenvalue weighted by Gasteiger charge is 2.29. The van der Waals surface area contributed by atoms with E-state index in [-0.39, 0.29) is 30.0 Å². The van der Waals surface area contributed by atoms with Crippen LogP contribution >= 0.6 is 7.60 Å². The number of amides is 2. The molecule has 256 valence electrons. The Morgan fingerprint density at radius 1 is 0.894 bits per heavy atom. The van der Waals surface area contributed by atoms with E-state index in [1.54, 1.807) is 72.0 Å². The number of carbonyl (C=O) groups is 3. The SMILES string of the molecule is COc1cc(-c2cnc3ccc(NC(=O)NCCCCP(=O)(OCOC(=O)C(C)(C)C)OCOC(=O)C(C)(C)C)nc3n2)ccc1O. The molecule has 2 aromatic heterocycles. The predicted octanol–water partition coefficient (Wildman–Crippen LogP) is 5.63. The molecule has 0 aliphatic rings. The Labute approximate surface area is 273 Å². The number of nitrogens with one attached hydrogen (secondary N) is 2. The number of fused-ring (bicyclic) bond motifs is 1. The molecule has 0 radical (unpaired) electrons. The van der Waals surface area contributed by atoms with Crippen molar-refractivity contribution in [1.82, 2.24) is 20.3 Å². The molecule has 0 spiro atoms. The second kappa shape index (κ2) is 16.0. The summed E-state index contributed by atoms with van der Waals surface area (Å²) in [6, 6.07) is 7.52. The van der Waals surface area contributed by atoms with Crippen LogP contribution in [0.1, 0.15) is 54.4 Å². The summed E-state index contributed by atoms with van der Waals surface area (Å²) < 4.78 is 39.2. The molecule has 3 aromatic rings. The third kappa shape index (κ3) is 11.5. The van der Waals surface area contributed by atoms with Crippen molar-refractivity contribution >= 4 is 42.5 Å². The molecule has 15 nitrogen and oxygen atoms in total. The van der Waals surface area contributed by atoms with Gasteiger partial charge in [0.2, 0.25) is 13.6 Å². The summed E-state index contributed by atoms with van der Waals surface area (Å²) in [7, 11) is -2.39. The van der Waals surface area contributed by atoms with Crippen LogP contribution in [-0.4, -0.2) is 71.4 Å². The largest absolute Gasteiger partial charge is 0.504 e. The summed E-state index contributed by atoms with van der Waals surface area (Å²) in [6.07, 6.45) is 2.18. The highest BCUT2D eigenvalue weighted by molar-refractivity contribution is 7.53. The maximum absolute atomic E-state index is 13.3. The van der Waals surface area contributed by atoms with Crippen LogP contribution in [-0.2, 0) is 32.7 Å². The lowest BCUT2D eigenvalue weighted by Gasteiger charge is -2.22. The number of phenols is 1. The van der Waals surface area contributed by atoms with E-state index < -0.39 is 50.0 Å². The first kappa shape index (κ1) is 37.1. The van der Waals surface area contributed by atoms with Crippen LogP contribution in [0.25, 0.3) is 22.4 Å². The van der Waals surface area contributed by atoms with Crippen molar-refractivity contribution in [3.63, 3.8) is 0 Å². The Balaban J connectivity index is 1.53. The van der Waals surface area contributed by atoms with Gasteiger partial charge in [-0.2, -0.15) is 0 Å². The van der Waals surface area contributed by atoms with Gasteiger partial charge in [-0.3, -0.25) is 33.5 Å². The number of hydrogen-bond acceptors (Lipinski definition) is 13. The first-order valence-corrected chi connectivity index (χ1v) is 16.5. The zero-order valence-corrected chi connectivity index (χ0v) is 28.5. The summed E-state index contributed by atoms with van der Waals surface area (Å²) in [6.45, 7) is 9.00. The zero-order valence-electron chi connectivity index (χ0n) is 27.6. The minimum absolute atomic E-state index is 0.00547. The highest BCUT2D eigenvalue weighted by Crippen LogP contribution is 2.49. The van der Waals surface area contributed by atoms with Crippen molar-refractivity contribution in [1.29, 1.82) is 0 Å². The van der Waals surface area contributed by atoms with Crippen molar-refractivity contribution in [2.24, 2.45) is 10.8 Å². The van der Waals surface area contributed by atoms with Gasteiger partial charge in [0.15, 0.2) is 17.1 Å². The molecule has 2 amide bonds. The van der Waals surface area contributed by atoms with Crippen LogP contribution in [0.5, 0.6) is 11.5 Å². The number of ether oxygens (including phenoxy) is 3. The molecular weight excluding hydrogens is 633 g/mol. The number of pyridine rings is 1.